The molecule has 1 aromatic rings. The molecule has 2 N–H and O–H groups in total. The third-order valence-electron chi connectivity index (χ3n) is 5.36. The SMILES string of the molecule is CCNC(=NCc1ccc(C(=O)N(C)C)cc1)NCC(C)N1CCCCC1C. The minimum atomic E-state index is 0.0194. The largest absolute Gasteiger partial charge is 0.357 e. The highest BCUT2D eigenvalue weighted by molar-refractivity contribution is 5.93. The topological polar surface area (TPSA) is 60.0 Å². The lowest BCUT2D eigenvalue weighted by Crippen LogP contribution is -2.50. The number of hydrogen-bond donors (Lipinski definition) is 2. The van der Waals surface area contributed by atoms with Crippen LogP contribution in [0.15, 0.2) is 29.3 Å². The summed E-state index contributed by atoms with van der Waals surface area (Å²) in [7, 11) is 3.53. The summed E-state index contributed by atoms with van der Waals surface area (Å²) < 4.78 is 0. The first kappa shape index (κ1) is 22.2. The zero-order chi connectivity index (χ0) is 20.5. The minimum absolute atomic E-state index is 0.0194. The van der Waals surface area contributed by atoms with Gasteiger partial charge in [-0.15, -0.1) is 0 Å². The van der Waals surface area contributed by atoms with Crippen LogP contribution in [0.4, 0.5) is 0 Å². The molecular formula is C22H37N5O. The Morgan fingerprint density at radius 1 is 1.25 bits per heavy atom. The molecule has 1 heterocycles. The fourth-order valence-corrected chi connectivity index (χ4v) is 3.66. The molecule has 0 saturated carbocycles. The maximum absolute atomic E-state index is 12.0. The average molecular weight is 388 g/mol. The summed E-state index contributed by atoms with van der Waals surface area (Å²) in [6.07, 6.45) is 3.95. The van der Waals surface area contributed by atoms with E-state index >= 15 is 0 Å². The van der Waals surface area contributed by atoms with Crippen molar-refractivity contribution in [1.29, 1.82) is 0 Å². The highest BCUT2D eigenvalue weighted by Crippen LogP contribution is 2.18. The van der Waals surface area contributed by atoms with E-state index in [2.05, 4.69) is 36.3 Å². The van der Waals surface area contributed by atoms with Gasteiger partial charge in [0.2, 0.25) is 0 Å². The Morgan fingerprint density at radius 3 is 2.57 bits per heavy atom. The van der Waals surface area contributed by atoms with Gasteiger partial charge in [0.1, 0.15) is 0 Å². The second-order valence-corrected chi connectivity index (χ2v) is 7.90. The van der Waals surface area contributed by atoms with E-state index in [9.17, 15) is 4.79 Å². The Hall–Kier alpha value is -2.08. The molecule has 2 atom stereocenters. The summed E-state index contributed by atoms with van der Waals surface area (Å²) in [6, 6.07) is 8.83. The third kappa shape index (κ3) is 6.51. The molecule has 1 amide bonds. The van der Waals surface area contributed by atoms with Gasteiger partial charge in [-0.2, -0.15) is 0 Å². The predicted octanol–water partition coefficient (Wildman–Crippen LogP) is 2.71. The number of aliphatic imine (C=N–C) groups is 1. The lowest BCUT2D eigenvalue weighted by Gasteiger charge is -2.38. The van der Waals surface area contributed by atoms with Gasteiger partial charge < -0.3 is 15.5 Å². The van der Waals surface area contributed by atoms with E-state index in [-0.39, 0.29) is 5.91 Å². The van der Waals surface area contributed by atoms with E-state index in [1.165, 1.54) is 25.8 Å². The van der Waals surface area contributed by atoms with Gasteiger partial charge in [0.15, 0.2) is 5.96 Å². The van der Waals surface area contributed by atoms with Crippen LogP contribution in [0.3, 0.4) is 0 Å². The number of nitrogens with one attached hydrogen (secondary N) is 2. The van der Waals surface area contributed by atoms with Crippen LogP contribution < -0.4 is 10.6 Å². The Balaban J connectivity index is 1.91. The summed E-state index contributed by atoms with van der Waals surface area (Å²) in [6.45, 7) is 10.2. The predicted molar refractivity (Wildman–Crippen MR) is 117 cm³/mol. The highest BCUT2D eigenvalue weighted by atomic mass is 16.2. The number of likely N-dealkylation sites (tertiary alicyclic amines) is 1. The number of carbonyl (C=O) groups is 1. The molecule has 0 bridgehead atoms. The summed E-state index contributed by atoms with van der Waals surface area (Å²) in [5.41, 5.74) is 1.79. The Labute approximate surface area is 170 Å². The van der Waals surface area contributed by atoms with Gasteiger partial charge >= 0.3 is 0 Å². The van der Waals surface area contributed by atoms with Crippen molar-refractivity contribution in [3.8, 4) is 0 Å². The van der Waals surface area contributed by atoms with Gasteiger partial charge in [-0.1, -0.05) is 18.6 Å². The number of rotatable bonds is 7. The van der Waals surface area contributed by atoms with Crippen molar-refractivity contribution in [2.75, 3.05) is 33.7 Å². The van der Waals surface area contributed by atoms with Crippen LogP contribution >= 0.6 is 0 Å². The number of amides is 1. The summed E-state index contributed by atoms with van der Waals surface area (Å²) >= 11 is 0. The van der Waals surface area contributed by atoms with Gasteiger partial charge in [0.25, 0.3) is 5.91 Å². The molecule has 1 aromatic carbocycles. The van der Waals surface area contributed by atoms with Crippen LogP contribution in [0.5, 0.6) is 0 Å². The fraction of sp³-hybridized carbons (Fsp3) is 0.636. The monoisotopic (exact) mass is 387 g/mol. The lowest BCUT2D eigenvalue weighted by molar-refractivity contribution is 0.0827. The molecule has 28 heavy (non-hydrogen) atoms. The molecule has 6 heteroatoms. The Morgan fingerprint density at radius 2 is 1.96 bits per heavy atom. The number of hydrogen-bond acceptors (Lipinski definition) is 3. The molecule has 1 saturated heterocycles. The number of carbonyl (C=O) groups excluding carboxylic acids is 1. The molecule has 6 nitrogen and oxygen atoms in total. The first-order valence-electron chi connectivity index (χ1n) is 10.5. The Bertz CT molecular complexity index is 641. The minimum Gasteiger partial charge on any atom is -0.357 e. The quantitative estimate of drug-likeness (QED) is 0.558. The van der Waals surface area contributed by atoms with Crippen LogP contribution in [-0.2, 0) is 6.54 Å². The molecule has 0 spiro atoms. The van der Waals surface area contributed by atoms with E-state index in [0.717, 1.165) is 24.6 Å². The normalized spacial score (nSPS) is 19.2. The molecule has 2 unspecified atom stereocenters. The van der Waals surface area contributed by atoms with Crippen LogP contribution in [0, 0.1) is 0 Å². The van der Waals surface area contributed by atoms with Crippen molar-refractivity contribution in [1.82, 2.24) is 20.4 Å². The summed E-state index contributed by atoms with van der Waals surface area (Å²) in [5.74, 6) is 0.860. The average Bonchev–Trinajstić information content (AvgIpc) is 2.70. The standard InChI is InChI=1S/C22H37N5O/c1-6-23-22(24-15-18(3)27-14-8-7-9-17(27)2)25-16-19-10-12-20(13-11-19)21(28)26(4)5/h10-13,17-18H,6-9,14-16H2,1-5H3,(H2,23,24,25). The highest BCUT2D eigenvalue weighted by Gasteiger charge is 2.22. The molecule has 1 aliphatic heterocycles. The van der Waals surface area contributed by atoms with Crippen molar-refractivity contribution in [3.63, 3.8) is 0 Å². The second-order valence-electron chi connectivity index (χ2n) is 7.90. The van der Waals surface area contributed by atoms with E-state index in [0.29, 0.717) is 24.2 Å². The zero-order valence-corrected chi connectivity index (χ0v) is 18.2. The molecular weight excluding hydrogens is 350 g/mol. The third-order valence-corrected chi connectivity index (χ3v) is 5.36. The molecule has 156 valence electrons. The maximum Gasteiger partial charge on any atom is 0.253 e. The maximum atomic E-state index is 12.0. The van der Waals surface area contributed by atoms with Crippen molar-refractivity contribution < 1.29 is 4.79 Å². The number of piperidine rings is 1. The fourth-order valence-electron chi connectivity index (χ4n) is 3.66. The number of guanidine groups is 1. The summed E-state index contributed by atoms with van der Waals surface area (Å²) in [4.78, 5) is 20.9. The van der Waals surface area contributed by atoms with Gasteiger partial charge in [-0.05, 0) is 57.9 Å². The summed E-state index contributed by atoms with van der Waals surface area (Å²) in [5, 5.41) is 6.82. The second kappa shape index (κ2) is 11.1. The van der Waals surface area contributed by atoms with E-state index in [1.54, 1.807) is 19.0 Å². The van der Waals surface area contributed by atoms with Crippen LogP contribution in [0.25, 0.3) is 0 Å². The van der Waals surface area contributed by atoms with Crippen molar-refractivity contribution in [2.24, 2.45) is 4.99 Å². The Kier molecular flexibility index (Phi) is 8.77. The van der Waals surface area contributed by atoms with Crippen molar-refractivity contribution >= 4 is 11.9 Å². The van der Waals surface area contributed by atoms with E-state index < -0.39 is 0 Å². The molecule has 1 aliphatic rings. The number of nitrogens with zero attached hydrogens (tertiary/aromatic N) is 3. The zero-order valence-electron chi connectivity index (χ0n) is 18.2. The van der Waals surface area contributed by atoms with Gasteiger partial charge in [0.05, 0.1) is 6.54 Å². The smallest absolute Gasteiger partial charge is 0.253 e. The van der Waals surface area contributed by atoms with Crippen LogP contribution in [-0.4, -0.2) is 67.5 Å². The first-order chi connectivity index (χ1) is 13.4. The van der Waals surface area contributed by atoms with Gasteiger partial charge in [-0.25, -0.2) is 4.99 Å². The first-order valence-corrected chi connectivity index (χ1v) is 10.5. The van der Waals surface area contributed by atoms with E-state index in [4.69, 9.17) is 4.99 Å². The van der Waals surface area contributed by atoms with Crippen molar-refractivity contribution in [3.05, 3.63) is 35.4 Å². The van der Waals surface area contributed by atoms with Crippen LogP contribution in [0.1, 0.15) is 56.0 Å². The molecule has 0 aliphatic carbocycles. The van der Waals surface area contributed by atoms with Gasteiger partial charge in [-0.3, -0.25) is 9.69 Å². The van der Waals surface area contributed by atoms with Gasteiger partial charge in [0, 0.05) is 44.8 Å². The molecule has 1 fully saturated rings. The molecule has 2 rings (SSSR count). The molecule has 0 aromatic heterocycles. The van der Waals surface area contributed by atoms with E-state index in [1.807, 2.05) is 24.3 Å². The number of benzene rings is 1. The van der Waals surface area contributed by atoms with Crippen molar-refractivity contribution in [2.45, 2.75) is 58.7 Å². The lowest BCUT2D eigenvalue weighted by atomic mass is 10.0. The molecule has 0 radical (unpaired) electrons. The van der Waals surface area contributed by atoms with Crippen LogP contribution in [0.2, 0.25) is 0 Å².